The van der Waals surface area contributed by atoms with Crippen LogP contribution in [0.5, 0.6) is 0 Å². The van der Waals surface area contributed by atoms with Crippen LogP contribution in [0.3, 0.4) is 0 Å². The van der Waals surface area contributed by atoms with Gasteiger partial charge in [-0.25, -0.2) is 0 Å². The summed E-state index contributed by atoms with van der Waals surface area (Å²) in [6, 6.07) is 9.26. The van der Waals surface area contributed by atoms with Gasteiger partial charge in [0.2, 0.25) is 0 Å². The summed E-state index contributed by atoms with van der Waals surface area (Å²) in [6.07, 6.45) is 15.7. The Bertz CT molecular complexity index is 666. The third-order valence-electron chi connectivity index (χ3n) is 4.35. The van der Waals surface area contributed by atoms with E-state index in [2.05, 4.69) is 81.6 Å². The van der Waals surface area contributed by atoms with Gasteiger partial charge in [0.05, 0.1) is 6.04 Å². The second kappa shape index (κ2) is 4.78. The van der Waals surface area contributed by atoms with Gasteiger partial charge in [-0.2, -0.15) is 0 Å². The molecule has 2 heteroatoms. The zero-order chi connectivity index (χ0) is 13.5. The van der Waals surface area contributed by atoms with Crippen molar-refractivity contribution in [1.82, 2.24) is 0 Å². The standard InChI is InChI=1S/C18H16BrN/c19-13-9-11-14(12-10-13)20-17-7-3-1-5-15(17)16-6-2-4-8-18(16)20/h1-9,11,15,17H,10,12H2. The highest BCUT2D eigenvalue weighted by molar-refractivity contribution is 9.11. The summed E-state index contributed by atoms with van der Waals surface area (Å²) in [5.41, 5.74) is 4.25. The van der Waals surface area contributed by atoms with Crippen molar-refractivity contribution in [3.8, 4) is 0 Å². The van der Waals surface area contributed by atoms with Crippen LogP contribution < -0.4 is 4.90 Å². The lowest BCUT2D eigenvalue weighted by Gasteiger charge is -2.31. The molecule has 0 spiro atoms. The quantitative estimate of drug-likeness (QED) is 0.699. The van der Waals surface area contributed by atoms with E-state index in [-0.39, 0.29) is 0 Å². The molecule has 1 aliphatic heterocycles. The van der Waals surface area contributed by atoms with Gasteiger partial charge in [-0.3, -0.25) is 0 Å². The number of benzene rings is 1. The lowest BCUT2D eigenvalue weighted by molar-refractivity contribution is 0.700. The number of hydrogen-bond donors (Lipinski definition) is 0. The first-order valence-electron chi connectivity index (χ1n) is 7.13. The maximum atomic E-state index is 3.60. The van der Waals surface area contributed by atoms with Crippen LogP contribution >= 0.6 is 15.9 Å². The third-order valence-corrected chi connectivity index (χ3v) is 5.01. The first-order chi connectivity index (χ1) is 9.84. The monoisotopic (exact) mass is 325 g/mol. The first-order valence-corrected chi connectivity index (χ1v) is 7.92. The van der Waals surface area contributed by atoms with Gasteiger partial charge in [0.1, 0.15) is 0 Å². The van der Waals surface area contributed by atoms with Crippen LogP contribution in [0.25, 0.3) is 0 Å². The lowest BCUT2D eigenvalue weighted by atomic mass is 9.91. The van der Waals surface area contributed by atoms with Gasteiger partial charge in [0.25, 0.3) is 0 Å². The number of hydrogen-bond acceptors (Lipinski definition) is 1. The number of allylic oxidation sites excluding steroid dienone is 6. The topological polar surface area (TPSA) is 3.24 Å². The minimum Gasteiger partial charge on any atom is -0.337 e. The Morgan fingerprint density at radius 2 is 1.85 bits per heavy atom. The molecule has 0 amide bonds. The van der Waals surface area contributed by atoms with Crippen LogP contribution in [-0.4, -0.2) is 6.04 Å². The number of rotatable bonds is 1. The molecular weight excluding hydrogens is 310 g/mol. The molecule has 0 radical (unpaired) electrons. The fourth-order valence-corrected chi connectivity index (χ4v) is 3.76. The second-order valence-corrected chi connectivity index (χ2v) is 6.51. The van der Waals surface area contributed by atoms with Crippen LogP contribution in [-0.2, 0) is 0 Å². The van der Waals surface area contributed by atoms with Crippen LogP contribution in [0.1, 0.15) is 24.3 Å². The van der Waals surface area contributed by atoms with Gasteiger partial charge in [-0.15, -0.1) is 0 Å². The molecule has 20 heavy (non-hydrogen) atoms. The van der Waals surface area contributed by atoms with E-state index in [1.807, 2.05) is 0 Å². The number of nitrogens with zero attached hydrogens (tertiary/aromatic N) is 1. The number of para-hydroxylation sites is 1. The molecule has 0 aromatic heterocycles. The minimum atomic E-state index is 0.439. The molecule has 2 unspecified atom stereocenters. The number of halogens is 1. The summed E-state index contributed by atoms with van der Waals surface area (Å²) in [7, 11) is 0. The van der Waals surface area contributed by atoms with Crippen molar-refractivity contribution in [2.24, 2.45) is 0 Å². The number of anilines is 1. The maximum Gasteiger partial charge on any atom is 0.0626 e. The molecule has 1 nitrogen and oxygen atoms in total. The molecule has 2 aliphatic carbocycles. The smallest absolute Gasteiger partial charge is 0.0626 e. The van der Waals surface area contributed by atoms with E-state index in [9.17, 15) is 0 Å². The Balaban J connectivity index is 1.83. The second-order valence-electron chi connectivity index (χ2n) is 5.49. The van der Waals surface area contributed by atoms with Crippen molar-refractivity contribution < 1.29 is 0 Å². The van der Waals surface area contributed by atoms with Crippen molar-refractivity contribution >= 4 is 21.6 Å². The largest absolute Gasteiger partial charge is 0.337 e. The van der Waals surface area contributed by atoms with E-state index in [0.29, 0.717) is 12.0 Å². The van der Waals surface area contributed by atoms with Crippen molar-refractivity contribution in [2.45, 2.75) is 24.8 Å². The predicted molar refractivity (Wildman–Crippen MR) is 88.1 cm³/mol. The van der Waals surface area contributed by atoms with Crippen LogP contribution in [0.15, 0.2) is 70.9 Å². The zero-order valence-electron chi connectivity index (χ0n) is 11.2. The normalized spacial score (nSPS) is 26.9. The molecule has 0 saturated carbocycles. The Hall–Kier alpha value is -1.54. The van der Waals surface area contributed by atoms with Crippen LogP contribution in [0.2, 0.25) is 0 Å². The highest BCUT2D eigenvalue weighted by Crippen LogP contribution is 2.46. The van der Waals surface area contributed by atoms with Gasteiger partial charge in [0.15, 0.2) is 0 Å². The molecule has 1 heterocycles. The summed E-state index contributed by atoms with van der Waals surface area (Å²) in [6.45, 7) is 0. The highest BCUT2D eigenvalue weighted by atomic mass is 79.9. The van der Waals surface area contributed by atoms with E-state index in [1.165, 1.54) is 21.4 Å². The van der Waals surface area contributed by atoms with Crippen molar-refractivity contribution in [3.05, 3.63) is 76.5 Å². The van der Waals surface area contributed by atoms with Gasteiger partial charge in [0, 0.05) is 17.3 Å². The van der Waals surface area contributed by atoms with Crippen molar-refractivity contribution in [2.75, 3.05) is 4.90 Å². The Kier molecular flexibility index (Phi) is 2.92. The maximum absolute atomic E-state index is 3.60. The molecule has 1 aromatic rings. The third kappa shape index (κ3) is 1.82. The summed E-state index contributed by atoms with van der Waals surface area (Å²) in [5, 5.41) is 0. The average Bonchev–Trinajstić information content (AvgIpc) is 2.83. The minimum absolute atomic E-state index is 0.439. The molecule has 0 N–H and O–H groups in total. The van der Waals surface area contributed by atoms with Gasteiger partial charge in [-0.05, 0) is 35.0 Å². The fourth-order valence-electron chi connectivity index (χ4n) is 3.43. The summed E-state index contributed by atoms with van der Waals surface area (Å²) >= 11 is 3.60. The first kappa shape index (κ1) is 12.2. The molecule has 0 saturated heterocycles. The zero-order valence-corrected chi connectivity index (χ0v) is 12.8. The Morgan fingerprint density at radius 1 is 1.00 bits per heavy atom. The van der Waals surface area contributed by atoms with Crippen molar-refractivity contribution in [1.29, 1.82) is 0 Å². The molecule has 0 bridgehead atoms. The van der Waals surface area contributed by atoms with E-state index in [0.717, 1.165) is 12.8 Å². The van der Waals surface area contributed by atoms with Gasteiger partial charge in [-0.1, -0.05) is 64.5 Å². The molecule has 0 fully saturated rings. The average molecular weight is 326 g/mol. The van der Waals surface area contributed by atoms with Gasteiger partial charge < -0.3 is 4.90 Å². The molecule has 4 rings (SSSR count). The molecule has 100 valence electrons. The Labute approximate surface area is 128 Å². The van der Waals surface area contributed by atoms with E-state index >= 15 is 0 Å². The molecular formula is C18H16BrN. The fraction of sp³-hybridized carbons (Fsp3) is 0.222. The van der Waals surface area contributed by atoms with Crippen LogP contribution in [0.4, 0.5) is 5.69 Å². The predicted octanol–water partition coefficient (Wildman–Crippen LogP) is 5.04. The molecule has 3 aliphatic rings. The molecule has 2 atom stereocenters. The summed E-state index contributed by atoms with van der Waals surface area (Å²) < 4.78 is 1.30. The highest BCUT2D eigenvalue weighted by Gasteiger charge is 2.37. The van der Waals surface area contributed by atoms with Crippen LogP contribution in [0, 0.1) is 0 Å². The summed E-state index contributed by atoms with van der Waals surface area (Å²) in [4.78, 5) is 2.52. The van der Waals surface area contributed by atoms with Gasteiger partial charge >= 0.3 is 0 Å². The SMILES string of the molecule is BrC1=CC=C(N2c3ccccc3C3C=CC=CC32)CC1. The van der Waals surface area contributed by atoms with E-state index in [4.69, 9.17) is 0 Å². The number of fused-ring (bicyclic) bond motifs is 3. The summed E-state index contributed by atoms with van der Waals surface area (Å²) in [5.74, 6) is 0.492. The van der Waals surface area contributed by atoms with Crippen molar-refractivity contribution in [3.63, 3.8) is 0 Å². The lowest BCUT2D eigenvalue weighted by Crippen LogP contribution is -2.32. The van der Waals surface area contributed by atoms with E-state index in [1.54, 1.807) is 0 Å². The molecule has 1 aromatic carbocycles. The Morgan fingerprint density at radius 3 is 2.70 bits per heavy atom. The van der Waals surface area contributed by atoms with E-state index < -0.39 is 0 Å².